The zero-order chi connectivity index (χ0) is 16.1. The first-order valence-corrected chi connectivity index (χ1v) is 7.84. The average Bonchev–Trinajstić information content (AvgIpc) is 2.48. The Morgan fingerprint density at radius 3 is 2.55 bits per heavy atom. The Kier molecular flexibility index (Phi) is 5.61. The number of carbonyl (C=O) groups excluding carboxylic acids is 2. The molecule has 0 aromatic heterocycles. The largest absolute Gasteiger partial charge is 0.340 e. The molecule has 1 aliphatic heterocycles. The van der Waals surface area contributed by atoms with E-state index in [1.54, 1.807) is 4.90 Å². The molecule has 1 saturated heterocycles. The molecular weight excluding hydrogens is 300 g/mol. The van der Waals surface area contributed by atoms with Gasteiger partial charge >= 0.3 is 0 Å². The Bertz CT molecular complexity index is 550. The van der Waals surface area contributed by atoms with Crippen LogP contribution in [0.5, 0.6) is 0 Å². The predicted molar refractivity (Wildman–Crippen MR) is 87.7 cm³/mol. The zero-order valence-electron chi connectivity index (χ0n) is 12.8. The van der Waals surface area contributed by atoms with Gasteiger partial charge in [-0.1, -0.05) is 30.3 Å². The van der Waals surface area contributed by atoms with Gasteiger partial charge in [0, 0.05) is 24.7 Å². The van der Waals surface area contributed by atoms with Gasteiger partial charge in [0.2, 0.25) is 11.8 Å². The highest BCUT2D eigenvalue weighted by molar-refractivity contribution is 6.30. The van der Waals surface area contributed by atoms with E-state index in [9.17, 15) is 9.59 Å². The van der Waals surface area contributed by atoms with Gasteiger partial charge in [0.1, 0.15) is 0 Å². The van der Waals surface area contributed by atoms with E-state index in [2.05, 4.69) is 6.58 Å². The van der Waals surface area contributed by atoms with E-state index >= 15 is 0 Å². The van der Waals surface area contributed by atoms with Crippen molar-refractivity contribution in [3.05, 3.63) is 47.5 Å². The second-order valence-corrected chi connectivity index (χ2v) is 5.99. The van der Waals surface area contributed by atoms with Gasteiger partial charge in [-0.2, -0.15) is 0 Å². The molecule has 118 valence electrons. The monoisotopic (exact) mass is 320 g/mol. The van der Waals surface area contributed by atoms with Crippen LogP contribution in [0.15, 0.2) is 36.9 Å². The quantitative estimate of drug-likeness (QED) is 0.755. The van der Waals surface area contributed by atoms with E-state index in [1.807, 2.05) is 31.2 Å². The summed E-state index contributed by atoms with van der Waals surface area (Å²) in [6, 6.07) is 7.82. The van der Waals surface area contributed by atoms with Crippen LogP contribution < -0.4 is 0 Å². The molecule has 22 heavy (non-hydrogen) atoms. The smallest absolute Gasteiger partial charge is 0.246 e. The lowest BCUT2D eigenvalue weighted by Gasteiger charge is -2.40. The van der Waals surface area contributed by atoms with Gasteiger partial charge in [0.05, 0.1) is 6.54 Å². The molecule has 5 heteroatoms. The number of carbonyl (C=O) groups is 2. The topological polar surface area (TPSA) is 40.6 Å². The third kappa shape index (κ3) is 4.10. The minimum atomic E-state index is -0.200. The lowest BCUT2D eigenvalue weighted by Crippen LogP contribution is -2.54. The predicted octanol–water partition coefficient (Wildman–Crippen LogP) is 2.38. The Balaban J connectivity index is 1.78. The summed E-state index contributed by atoms with van der Waals surface area (Å²) in [5.41, 5.74) is 1.23. The number of amides is 2. The molecule has 1 fully saturated rings. The molecule has 0 atom stereocenters. The normalized spacial score (nSPS) is 14.4. The van der Waals surface area contributed by atoms with Crippen molar-refractivity contribution in [3.8, 4) is 0 Å². The van der Waals surface area contributed by atoms with Crippen molar-refractivity contribution >= 4 is 23.4 Å². The van der Waals surface area contributed by atoms with Crippen molar-refractivity contribution in [2.45, 2.75) is 13.3 Å². The van der Waals surface area contributed by atoms with Crippen LogP contribution in [0.1, 0.15) is 12.5 Å². The second kappa shape index (κ2) is 7.45. The van der Waals surface area contributed by atoms with Gasteiger partial charge in [-0.05, 0) is 43.0 Å². The molecule has 2 rings (SSSR count). The van der Waals surface area contributed by atoms with Gasteiger partial charge in [0.15, 0.2) is 0 Å². The van der Waals surface area contributed by atoms with Gasteiger partial charge in [-0.3, -0.25) is 9.59 Å². The number of likely N-dealkylation sites (N-methyl/N-ethyl adjacent to an activating group) is 1. The Morgan fingerprint density at radius 2 is 2.00 bits per heavy atom. The average molecular weight is 321 g/mol. The lowest BCUT2D eigenvalue weighted by molar-refractivity contribution is -0.142. The summed E-state index contributed by atoms with van der Waals surface area (Å²) < 4.78 is 0. The number of hydrogen-bond acceptors (Lipinski definition) is 2. The molecule has 0 saturated carbocycles. The van der Waals surface area contributed by atoms with Crippen molar-refractivity contribution in [1.29, 1.82) is 0 Å². The van der Waals surface area contributed by atoms with Gasteiger partial charge in [-0.15, -0.1) is 0 Å². The third-order valence-electron chi connectivity index (χ3n) is 3.94. The van der Waals surface area contributed by atoms with E-state index < -0.39 is 0 Å². The highest BCUT2D eigenvalue weighted by atomic mass is 35.5. The summed E-state index contributed by atoms with van der Waals surface area (Å²) in [6.45, 7) is 7.46. The first kappa shape index (κ1) is 16.6. The molecule has 1 aromatic rings. The summed E-state index contributed by atoms with van der Waals surface area (Å²) >= 11 is 5.87. The molecule has 1 aromatic carbocycles. The van der Waals surface area contributed by atoms with Crippen molar-refractivity contribution in [1.82, 2.24) is 9.80 Å². The maximum Gasteiger partial charge on any atom is 0.246 e. The highest BCUT2D eigenvalue weighted by Gasteiger charge is 2.31. The molecule has 1 aliphatic rings. The van der Waals surface area contributed by atoms with Crippen molar-refractivity contribution in [2.75, 3.05) is 26.2 Å². The molecule has 0 bridgehead atoms. The van der Waals surface area contributed by atoms with Crippen LogP contribution in [-0.2, 0) is 16.0 Å². The third-order valence-corrected chi connectivity index (χ3v) is 4.19. The number of benzene rings is 1. The molecule has 0 aliphatic carbocycles. The van der Waals surface area contributed by atoms with E-state index in [1.165, 1.54) is 16.5 Å². The molecule has 0 unspecified atom stereocenters. The van der Waals surface area contributed by atoms with Crippen LogP contribution in [0.2, 0.25) is 5.02 Å². The molecule has 0 radical (unpaired) electrons. The molecule has 0 spiro atoms. The number of rotatable bonds is 6. The standard InChI is InChI=1S/C17H21ClN2O2/c1-3-16(21)19(4-2)12-17(22)20-10-14(11-20)9-13-5-7-15(18)8-6-13/h3,5-8,14H,1,4,9-12H2,2H3. The fourth-order valence-corrected chi connectivity index (χ4v) is 2.72. The van der Waals surface area contributed by atoms with Crippen molar-refractivity contribution in [2.24, 2.45) is 5.92 Å². The Labute approximate surface area is 136 Å². The lowest BCUT2D eigenvalue weighted by atomic mass is 9.92. The summed E-state index contributed by atoms with van der Waals surface area (Å²) in [5.74, 6) is 0.286. The Morgan fingerprint density at radius 1 is 1.36 bits per heavy atom. The Hall–Kier alpha value is -1.81. The van der Waals surface area contributed by atoms with E-state index in [0.29, 0.717) is 12.5 Å². The summed E-state index contributed by atoms with van der Waals surface area (Å²) in [4.78, 5) is 27.0. The molecule has 1 heterocycles. The summed E-state index contributed by atoms with van der Waals surface area (Å²) in [6.07, 6.45) is 2.19. The van der Waals surface area contributed by atoms with Crippen LogP contribution >= 0.6 is 11.6 Å². The van der Waals surface area contributed by atoms with Crippen LogP contribution in [0.4, 0.5) is 0 Å². The number of halogens is 1. The van der Waals surface area contributed by atoms with Gasteiger partial charge in [-0.25, -0.2) is 0 Å². The minimum Gasteiger partial charge on any atom is -0.340 e. The van der Waals surface area contributed by atoms with Gasteiger partial charge < -0.3 is 9.80 Å². The number of likely N-dealkylation sites (tertiary alicyclic amines) is 1. The fraction of sp³-hybridized carbons (Fsp3) is 0.412. The first-order chi connectivity index (χ1) is 10.5. The van der Waals surface area contributed by atoms with E-state index in [0.717, 1.165) is 24.5 Å². The molecule has 0 N–H and O–H groups in total. The van der Waals surface area contributed by atoms with Crippen LogP contribution in [0, 0.1) is 5.92 Å². The van der Waals surface area contributed by atoms with Crippen LogP contribution in [0.25, 0.3) is 0 Å². The van der Waals surface area contributed by atoms with E-state index in [4.69, 9.17) is 11.6 Å². The SMILES string of the molecule is C=CC(=O)N(CC)CC(=O)N1CC(Cc2ccc(Cl)cc2)C1. The molecular formula is C17H21ClN2O2. The highest BCUT2D eigenvalue weighted by Crippen LogP contribution is 2.21. The van der Waals surface area contributed by atoms with Gasteiger partial charge in [0.25, 0.3) is 0 Å². The molecule has 4 nitrogen and oxygen atoms in total. The van der Waals surface area contributed by atoms with Crippen LogP contribution in [-0.4, -0.2) is 47.8 Å². The maximum atomic E-state index is 12.1. The minimum absolute atomic E-state index is 0.00408. The van der Waals surface area contributed by atoms with Crippen LogP contribution in [0.3, 0.4) is 0 Å². The summed E-state index contributed by atoms with van der Waals surface area (Å²) in [5, 5.41) is 0.737. The second-order valence-electron chi connectivity index (χ2n) is 5.55. The number of nitrogens with zero attached hydrogens (tertiary/aromatic N) is 2. The number of hydrogen-bond donors (Lipinski definition) is 0. The maximum absolute atomic E-state index is 12.1. The first-order valence-electron chi connectivity index (χ1n) is 7.47. The molecule has 2 amide bonds. The fourth-order valence-electron chi connectivity index (χ4n) is 2.59. The van der Waals surface area contributed by atoms with Crippen molar-refractivity contribution in [3.63, 3.8) is 0 Å². The van der Waals surface area contributed by atoms with E-state index in [-0.39, 0.29) is 18.4 Å². The van der Waals surface area contributed by atoms with Crippen molar-refractivity contribution < 1.29 is 9.59 Å². The zero-order valence-corrected chi connectivity index (χ0v) is 13.6. The summed E-state index contributed by atoms with van der Waals surface area (Å²) in [7, 11) is 0.